The normalized spacial score (nSPS) is 16.1. The van der Waals surface area contributed by atoms with Crippen molar-refractivity contribution in [2.45, 2.75) is 12.8 Å². The Morgan fingerprint density at radius 2 is 1.44 bits per heavy atom. The molecule has 1 aliphatic heterocycles. The molecule has 1 N–H and O–H groups in total. The number of nitrogens with one attached hydrogen (secondary N) is 1. The number of para-hydroxylation sites is 2. The molecule has 2 heterocycles. The summed E-state index contributed by atoms with van der Waals surface area (Å²) in [5, 5.41) is 9.25. The van der Waals surface area contributed by atoms with Crippen LogP contribution < -0.4 is 15.4 Å². The Morgan fingerprint density at radius 3 is 2.06 bits per heavy atom. The molecular weight excluding hydrogens is 398 g/mol. The topological polar surface area (TPSA) is 47.3 Å². The van der Waals surface area contributed by atoms with Crippen LogP contribution in [0.25, 0.3) is 0 Å². The van der Waals surface area contributed by atoms with Crippen LogP contribution in [0.1, 0.15) is 11.3 Å². The molecule has 32 heavy (non-hydrogen) atoms. The van der Waals surface area contributed by atoms with Gasteiger partial charge in [-0.2, -0.15) is 0 Å². The van der Waals surface area contributed by atoms with Gasteiger partial charge >= 0.3 is 0 Å². The largest absolute Gasteiger partial charge is 0.468 e. The summed E-state index contributed by atoms with van der Waals surface area (Å²) in [6, 6.07) is 34.6. The fourth-order valence-electron chi connectivity index (χ4n) is 3.85. The van der Waals surface area contributed by atoms with E-state index in [2.05, 4.69) is 63.8 Å². The van der Waals surface area contributed by atoms with E-state index in [1.54, 1.807) is 6.26 Å². The van der Waals surface area contributed by atoms with Crippen LogP contribution in [0.2, 0.25) is 0 Å². The van der Waals surface area contributed by atoms with E-state index in [1.165, 1.54) is 0 Å². The van der Waals surface area contributed by atoms with E-state index in [1.807, 2.05) is 66.7 Å². The van der Waals surface area contributed by atoms with Crippen LogP contribution in [0.4, 0.5) is 11.4 Å². The molecule has 0 bridgehead atoms. The summed E-state index contributed by atoms with van der Waals surface area (Å²) in [6.07, 6.45) is 1.47. The molecule has 5 rings (SSSR count). The van der Waals surface area contributed by atoms with Crippen LogP contribution >= 0.6 is 0 Å². The molecule has 0 radical (unpaired) electrons. The van der Waals surface area contributed by atoms with Gasteiger partial charge in [-0.05, 0) is 43.4 Å². The maximum atomic E-state index is 5.63. The highest BCUT2D eigenvalue weighted by molar-refractivity contribution is 6.00. The van der Waals surface area contributed by atoms with Crippen LogP contribution in [-0.2, 0) is 6.54 Å². The van der Waals surface area contributed by atoms with Gasteiger partial charge in [-0.3, -0.25) is 10.3 Å². The zero-order valence-electron chi connectivity index (χ0n) is 17.9. The van der Waals surface area contributed by atoms with Crippen molar-refractivity contribution in [1.29, 1.82) is 0 Å². The predicted molar refractivity (Wildman–Crippen MR) is 128 cm³/mol. The smallest absolute Gasteiger partial charge is 0.199 e. The lowest BCUT2D eigenvalue weighted by molar-refractivity contribution is 0.192. The van der Waals surface area contributed by atoms with Gasteiger partial charge in [0.25, 0.3) is 0 Å². The predicted octanol–water partition coefficient (Wildman–Crippen LogP) is 4.89. The molecule has 0 saturated heterocycles. The van der Waals surface area contributed by atoms with Crippen LogP contribution in [0, 0.1) is 0 Å². The standard InChI is InChI=1S/C26H25N5O/c1-29(20-24-18-11-19-32-24)26-30(22-14-7-3-8-15-22)27-25(21-12-5-2-6-13-21)28-31(26)23-16-9-4-10-17-23/h2-19,26H,20H2,1H3,(H,27,28). The highest BCUT2D eigenvalue weighted by Gasteiger charge is 2.35. The summed E-state index contributed by atoms with van der Waals surface area (Å²) < 4.78 is 5.63. The SMILES string of the molecule is CN(Cc1ccco1)C1N(c2ccccc2)N=C(c2ccccc2)NN1c1ccccc1. The fraction of sp³-hybridized carbons (Fsp3) is 0.115. The number of benzene rings is 3. The lowest BCUT2D eigenvalue weighted by Crippen LogP contribution is -2.65. The van der Waals surface area contributed by atoms with Crippen molar-refractivity contribution in [2.75, 3.05) is 17.1 Å². The second-order valence-electron chi connectivity index (χ2n) is 7.65. The number of anilines is 2. The Morgan fingerprint density at radius 1 is 0.812 bits per heavy atom. The van der Waals surface area contributed by atoms with E-state index in [4.69, 9.17) is 9.52 Å². The molecular formula is C26H25N5O. The molecule has 0 saturated carbocycles. The third-order valence-corrected chi connectivity index (χ3v) is 5.37. The number of nitrogens with zero attached hydrogens (tertiary/aromatic N) is 4. The zero-order chi connectivity index (χ0) is 21.8. The van der Waals surface area contributed by atoms with Crippen molar-refractivity contribution in [3.8, 4) is 0 Å². The van der Waals surface area contributed by atoms with Gasteiger partial charge in [-0.25, -0.2) is 10.0 Å². The number of furan rings is 1. The van der Waals surface area contributed by atoms with E-state index in [0.29, 0.717) is 6.54 Å². The molecule has 0 spiro atoms. The second kappa shape index (κ2) is 8.99. The van der Waals surface area contributed by atoms with Crippen molar-refractivity contribution < 1.29 is 4.42 Å². The number of hydrogen-bond acceptors (Lipinski definition) is 6. The maximum Gasteiger partial charge on any atom is 0.199 e. The summed E-state index contributed by atoms with van der Waals surface area (Å²) in [5.41, 5.74) is 6.62. The first kappa shape index (κ1) is 19.9. The van der Waals surface area contributed by atoms with Gasteiger partial charge in [-0.1, -0.05) is 66.7 Å². The van der Waals surface area contributed by atoms with Gasteiger partial charge in [-0.15, -0.1) is 5.10 Å². The maximum absolute atomic E-state index is 5.63. The molecule has 1 atom stereocenters. The van der Waals surface area contributed by atoms with Crippen molar-refractivity contribution >= 4 is 17.2 Å². The van der Waals surface area contributed by atoms with Crippen molar-refractivity contribution in [3.05, 3.63) is 121 Å². The van der Waals surface area contributed by atoms with Gasteiger partial charge < -0.3 is 4.42 Å². The molecule has 3 aromatic carbocycles. The van der Waals surface area contributed by atoms with Crippen molar-refractivity contribution in [3.63, 3.8) is 0 Å². The average molecular weight is 424 g/mol. The van der Waals surface area contributed by atoms with E-state index in [0.717, 1.165) is 28.5 Å². The Bertz CT molecular complexity index is 1150. The van der Waals surface area contributed by atoms with E-state index in [9.17, 15) is 0 Å². The van der Waals surface area contributed by atoms with E-state index >= 15 is 0 Å². The first-order chi connectivity index (χ1) is 15.8. The summed E-state index contributed by atoms with van der Waals surface area (Å²) >= 11 is 0. The molecule has 1 aliphatic rings. The number of rotatable bonds is 6. The van der Waals surface area contributed by atoms with Crippen LogP contribution in [0.15, 0.2) is 119 Å². The number of hydrazine groups is 1. The highest BCUT2D eigenvalue weighted by Crippen LogP contribution is 2.28. The molecule has 0 fully saturated rings. The molecule has 6 nitrogen and oxygen atoms in total. The van der Waals surface area contributed by atoms with Gasteiger partial charge in [0.05, 0.1) is 24.2 Å². The minimum atomic E-state index is -0.239. The van der Waals surface area contributed by atoms with Crippen LogP contribution in [0.3, 0.4) is 0 Å². The molecule has 6 heteroatoms. The minimum Gasteiger partial charge on any atom is -0.468 e. The monoisotopic (exact) mass is 423 g/mol. The second-order valence-corrected chi connectivity index (χ2v) is 7.65. The Hall–Kier alpha value is -4.03. The lowest BCUT2D eigenvalue weighted by atomic mass is 10.2. The molecule has 0 aliphatic carbocycles. The lowest BCUT2D eigenvalue weighted by Gasteiger charge is -2.47. The average Bonchev–Trinajstić information content (AvgIpc) is 3.38. The molecule has 1 unspecified atom stereocenters. The first-order valence-electron chi connectivity index (χ1n) is 10.6. The summed E-state index contributed by atoms with van der Waals surface area (Å²) in [5.74, 6) is 1.67. The number of hydrazone groups is 1. The Kier molecular flexibility index (Phi) is 5.59. The van der Waals surface area contributed by atoms with Crippen molar-refractivity contribution in [2.24, 2.45) is 5.10 Å². The number of amidine groups is 1. The third kappa shape index (κ3) is 4.08. The molecule has 4 aromatic rings. The fourth-order valence-corrected chi connectivity index (χ4v) is 3.85. The van der Waals surface area contributed by atoms with Gasteiger partial charge in [0.2, 0.25) is 0 Å². The Labute approximate surface area is 188 Å². The number of hydrogen-bond donors (Lipinski definition) is 1. The quantitative estimate of drug-likeness (QED) is 0.479. The summed E-state index contributed by atoms with van der Waals surface area (Å²) in [7, 11) is 2.07. The summed E-state index contributed by atoms with van der Waals surface area (Å²) in [6.45, 7) is 0.627. The van der Waals surface area contributed by atoms with Gasteiger partial charge in [0.1, 0.15) is 5.76 Å². The zero-order valence-corrected chi connectivity index (χ0v) is 17.9. The van der Waals surface area contributed by atoms with Crippen LogP contribution in [-0.4, -0.2) is 24.1 Å². The van der Waals surface area contributed by atoms with Crippen molar-refractivity contribution in [1.82, 2.24) is 10.3 Å². The molecule has 160 valence electrons. The first-order valence-corrected chi connectivity index (χ1v) is 10.6. The summed E-state index contributed by atoms with van der Waals surface area (Å²) in [4.78, 5) is 2.21. The minimum absolute atomic E-state index is 0.239. The highest BCUT2D eigenvalue weighted by atomic mass is 16.3. The van der Waals surface area contributed by atoms with Crippen LogP contribution in [0.5, 0.6) is 0 Å². The van der Waals surface area contributed by atoms with E-state index in [-0.39, 0.29) is 6.29 Å². The van der Waals surface area contributed by atoms with Gasteiger partial charge in [0, 0.05) is 5.56 Å². The molecule has 0 amide bonds. The Balaban J connectivity index is 1.62. The van der Waals surface area contributed by atoms with Gasteiger partial charge in [0.15, 0.2) is 12.1 Å². The van der Waals surface area contributed by atoms with E-state index < -0.39 is 0 Å². The molecule has 1 aromatic heterocycles. The third-order valence-electron chi connectivity index (χ3n) is 5.37.